The molecule has 0 unspecified atom stereocenters. The second-order valence-electron chi connectivity index (χ2n) is 15.1. The van der Waals surface area contributed by atoms with Crippen molar-refractivity contribution in [2.75, 3.05) is 27.2 Å². The smallest absolute Gasteiger partial charge is 0.872 e. The predicted octanol–water partition coefficient (Wildman–Crippen LogP) is 8.53. The fraction of sp³-hybridized carbons (Fsp3) is 0.429. The standard InChI is InChI=1S/C38H48N2O2.C4H12NSi2.Sc/c1-27-21-29(35(41)33(23-27)37(3,4)31-15-11-9-12-16-31)25-40(20-19-39(7)8)26-30-22-28(2)24-34(36(30)42)38(5,6)32-17-13-10-14-18-32;1-6(2)5-7(3)4;/h9-18,21-24,41-42H,19-20,25-26H2,1-8H3;1-4H3;/q;-1;+3/p-2. The normalized spacial score (nSPS) is 11.9. The molecular weight excluding hydrogens is 680 g/mol. The van der Waals surface area contributed by atoms with Crippen molar-refractivity contribution in [3.8, 4) is 11.5 Å². The average Bonchev–Trinajstić information content (AvgIpc) is 3.03. The predicted molar refractivity (Wildman–Crippen MR) is 209 cm³/mol. The molecule has 0 saturated carbocycles. The van der Waals surface area contributed by atoms with Gasteiger partial charge in [0, 0.05) is 37.0 Å². The Morgan fingerprint density at radius 1 is 0.600 bits per heavy atom. The second kappa shape index (κ2) is 19.5. The molecule has 0 aromatic heterocycles. The Morgan fingerprint density at radius 2 is 0.960 bits per heavy atom. The molecule has 8 heteroatoms. The first-order chi connectivity index (χ1) is 22.9. The Hall–Kier alpha value is -2.34. The van der Waals surface area contributed by atoms with Crippen molar-refractivity contribution in [3.05, 3.63) is 134 Å². The van der Waals surface area contributed by atoms with E-state index in [0.29, 0.717) is 13.1 Å². The molecule has 0 saturated heterocycles. The quantitative estimate of drug-likeness (QED) is 0.129. The van der Waals surface area contributed by atoms with Gasteiger partial charge in [-0.05, 0) is 61.3 Å². The summed E-state index contributed by atoms with van der Waals surface area (Å²) in [5.74, 6) is 0.170. The third-order valence-electron chi connectivity index (χ3n) is 9.06. The molecule has 0 aliphatic heterocycles. The zero-order chi connectivity index (χ0) is 36.5. The summed E-state index contributed by atoms with van der Waals surface area (Å²) in [7, 11) is 3.58. The summed E-state index contributed by atoms with van der Waals surface area (Å²) < 4.78 is 4.48. The molecule has 4 aromatic carbocycles. The van der Waals surface area contributed by atoms with Gasteiger partial charge in [-0.1, -0.05) is 168 Å². The van der Waals surface area contributed by atoms with Gasteiger partial charge in [0.15, 0.2) is 0 Å². The molecule has 0 fully saturated rings. The van der Waals surface area contributed by atoms with Gasteiger partial charge in [-0.3, -0.25) is 4.90 Å². The number of likely N-dealkylation sites (N-methyl/N-ethyl adjacent to an activating group) is 1. The van der Waals surface area contributed by atoms with Gasteiger partial charge in [-0.15, -0.1) is 11.5 Å². The Labute approximate surface area is 326 Å². The van der Waals surface area contributed by atoms with E-state index in [1.807, 2.05) is 60.7 Å². The minimum absolute atomic E-state index is 0. The van der Waals surface area contributed by atoms with Crippen molar-refractivity contribution < 1.29 is 36.1 Å². The van der Waals surface area contributed by atoms with Crippen LogP contribution < -0.4 is 10.2 Å². The van der Waals surface area contributed by atoms with E-state index in [4.69, 9.17) is 0 Å². The number of benzene rings is 4. The van der Waals surface area contributed by atoms with E-state index in [1.165, 1.54) is 0 Å². The summed E-state index contributed by atoms with van der Waals surface area (Å²) in [6.07, 6.45) is 0. The topological polar surface area (TPSA) is 66.7 Å². The van der Waals surface area contributed by atoms with E-state index in [9.17, 15) is 10.2 Å². The van der Waals surface area contributed by atoms with Gasteiger partial charge in [-0.25, -0.2) is 0 Å². The number of hydrogen-bond donors (Lipinski definition) is 0. The molecule has 0 heterocycles. The van der Waals surface area contributed by atoms with Crippen LogP contribution >= 0.6 is 0 Å². The maximum Gasteiger partial charge on any atom is 3.00 e. The van der Waals surface area contributed by atoms with Gasteiger partial charge in [0.25, 0.3) is 0 Å². The van der Waals surface area contributed by atoms with Gasteiger partial charge in [0.1, 0.15) is 0 Å². The molecular formula is C42H58N3O2ScSi2. The minimum atomic E-state index is -0.426. The Balaban J connectivity index is 0.000000980. The molecule has 264 valence electrons. The Morgan fingerprint density at radius 3 is 1.26 bits per heavy atom. The first-order valence-electron chi connectivity index (χ1n) is 17.4. The molecule has 50 heavy (non-hydrogen) atoms. The van der Waals surface area contributed by atoms with Gasteiger partial charge in [0.05, 0.1) is 0 Å². The summed E-state index contributed by atoms with van der Waals surface area (Å²) in [4.78, 5) is 4.40. The molecule has 0 N–H and O–H groups in total. The number of aryl methyl sites for hydroxylation is 2. The van der Waals surface area contributed by atoms with Gasteiger partial charge in [0.2, 0.25) is 0 Å². The van der Waals surface area contributed by atoms with E-state index in [-0.39, 0.29) is 55.3 Å². The maximum absolute atomic E-state index is 14.0. The van der Waals surface area contributed by atoms with Crippen molar-refractivity contribution in [3.63, 3.8) is 0 Å². The van der Waals surface area contributed by atoms with Crippen molar-refractivity contribution in [1.29, 1.82) is 0 Å². The Kier molecular flexibility index (Phi) is 17.1. The number of hydrogen-bond acceptors (Lipinski definition) is 4. The first-order valence-corrected chi connectivity index (χ1v) is 22.2. The fourth-order valence-corrected chi connectivity index (χ4v) is 9.94. The second-order valence-corrected chi connectivity index (χ2v) is 19.8. The van der Waals surface area contributed by atoms with Gasteiger partial charge < -0.3 is 19.8 Å². The van der Waals surface area contributed by atoms with E-state index < -0.39 is 10.8 Å². The molecule has 0 atom stereocenters. The van der Waals surface area contributed by atoms with Gasteiger partial charge >= 0.3 is 25.8 Å². The monoisotopic (exact) mass is 737 g/mol. The van der Waals surface area contributed by atoms with Crippen LogP contribution in [-0.2, 0) is 49.8 Å². The van der Waals surface area contributed by atoms with Crippen LogP contribution in [0.3, 0.4) is 0 Å². The summed E-state index contributed by atoms with van der Waals surface area (Å²) in [5, 5.41) is 28.1. The summed E-state index contributed by atoms with van der Waals surface area (Å²) in [6.45, 7) is 24.0. The third kappa shape index (κ3) is 12.1. The molecule has 5 nitrogen and oxygen atoms in total. The summed E-state index contributed by atoms with van der Waals surface area (Å²) >= 11 is 0. The molecule has 0 spiro atoms. The minimum Gasteiger partial charge on any atom is -0.872 e. The van der Waals surface area contributed by atoms with E-state index in [2.05, 4.69) is 121 Å². The molecule has 0 aliphatic carbocycles. The first kappa shape index (κ1) is 43.8. The Bertz CT molecular complexity index is 1510. The molecule has 0 bridgehead atoms. The molecule has 0 amide bonds. The van der Waals surface area contributed by atoms with Crippen LogP contribution in [0.15, 0.2) is 84.9 Å². The SMILES string of the molecule is C[Si](C)[N-][Si](C)C.Cc1cc(CN(CCN(C)C)Cc2cc(C)cc(C(C)(C)c3ccccc3)c2[O-])c([O-])c(C(C)(C)c2ccccc2)c1.[Sc+3]. The molecule has 2 radical (unpaired) electrons. The average molecular weight is 738 g/mol. The molecule has 4 aromatic rings. The fourth-order valence-electron chi connectivity index (χ4n) is 6.36. The zero-order valence-corrected chi connectivity index (χ0v) is 36.4. The van der Waals surface area contributed by atoms with Crippen LogP contribution in [0.4, 0.5) is 0 Å². The van der Waals surface area contributed by atoms with Gasteiger partial charge in [-0.2, -0.15) is 0 Å². The van der Waals surface area contributed by atoms with Crippen LogP contribution in [-0.4, -0.2) is 54.9 Å². The number of nitrogens with zero attached hydrogens (tertiary/aromatic N) is 3. The third-order valence-corrected chi connectivity index (χ3v) is 12.6. The maximum atomic E-state index is 14.0. The largest absolute Gasteiger partial charge is 3.00 e. The van der Waals surface area contributed by atoms with Crippen LogP contribution in [0.5, 0.6) is 11.5 Å². The molecule has 4 rings (SSSR count). The van der Waals surface area contributed by atoms with E-state index in [0.717, 1.165) is 57.6 Å². The summed E-state index contributed by atoms with van der Waals surface area (Å²) in [6, 6.07) is 28.6. The van der Waals surface area contributed by atoms with E-state index >= 15 is 0 Å². The van der Waals surface area contributed by atoms with Crippen molar-refractivity contribution >= 4 is 17.9 Å². The molecule has 0 aliphatic rings. The zero-order valence-electron chi connectivity index (χ0n) is 32.6. The van der Waals surface area contributed by atoms with Crippen LogP contribution in [0, 0.1) is 13.8 Å². The van der Waals surface area contributed by atoms with Crippen molar-refractivity contribution in [2.24, 2.45) is 0 Å². The van der Waals surface area contributed by atoms with Crippen molar-refractivity contribution in [1.82, 2.24) is 9.80 Å². The summed E-state index contributed by atoms with van der Waals surface area (Å²) in [5.41, 5.74) is 6.70. The number of rotatable bonds is 13. The van der Waals surface area contributed by atoms with Crippen molar-refractivity contribution in [2.45, 2.75) is 91.6 Å². The van der Waals surface area contributed by atoms with Crippen LogP contribution in [0.2, 0.25) is 26.2 Å². The van der Waals surface area contributed by atoms with Crippen LogP contribution in [0.25, 0.3) is 4.65 Å². The van der Waals surface area contributed by atoms with E-state index in [1.54, 1.807) is 0 Å². The van der Waals surface area contributed by atoms with Crippen LogP contribution in [0.1, 0.15) is 72.2 Å².